The molecule has 2 atom stereocenters. The van der Waals surface area contributed by atoms with Crippen LogP contribution in [0, 0.1) is 0 Å². The molecule has 2 unspecified atom stereocenters. The van der Waals surface area contributed by atoms with Crippen molar-refractivity contribution in [3.63, 3.8) is 0 Å². The molecule has 1 radical (unpaired) electrons. The molecule has 69 valence electrons. The van der Waals surface area contributed by atoms with Gasteiger partial charge in [-0.15, -0.1) is 0 Å². The zero-order valence-corrected chi connectivity index (χ0v) is 7.70. The summed E-state index contributed by atoms with van der Waals surface area (Å²) in [6, 6.07) is 0.610. The third-order valence-electron chi connectivity index (χ3n) is 2.78. The molecule has 0 aromatic rings. The summed E-state index contributed by atoms with van der Waals surface area (Å²) >= 11 is 0. The highest BCUT2D eigenvalue weighted by Crippen LogP contribution is 2.19. The average molecular weight is 169 g/mol. The van der Waals surface area contributed by atoms with Gasteiger partial charge < -0.3 is 4.74 Å². The molecule has 12 heavy (non-hydrogen) atoms. The first-order chi connectivity index (χ1) is 5.88. The van der Waals surface area contributed by atoms with Crippen LogP contribution in [-0.2, 0) is 4.74 Å². The molecule has 2 heterocycles. The molecule has 0 amide bonds. The molecular weight excluding hydrogens is 152 g/mol. The van der Waals surface area contributed by atoms with E-state index in [0.717, 1.165) is 26.2 Å². The zero-order chi connectivity index (χ0) is 8.39. The Morgan fingerprint density at radius 2 is 2.25 bits per heavy atom. The highest BCUT2D eigenvalue weighted by Gasteiger charge is 2.33. The van der Waals surface area contributed by atoms with Crippen LogP contribution in [0.4, 0.5) is 0 Å². The van der Waals surface area contributed by atoms with Crippen LogP contribution < -0.4 is 5.32 Å². The quantitative estimate of drug-likeness (QED) is 0.548. The molecule has 2 fully saturated rings. The lowest BCUT2D eigenvalue weighted by atomic mass is 10.2. The fourth-order valence-corrected chi connectivity index (χ4v) is 1.78. The van der Waals surface area contributed by atoms with Gasteiger partial charge in [0.25, 0.3) is 0 Å². The van der Waals surface area contributed by atoms with Crippen LogP contribution in [0.5, 0.6) is 0 Å². The standard InChI is InChI=1S/C9H17N2O/c1-8(9-7-12-9)11-5-2-3-10-4-6-11/h8-9H,2-7H2,1H3. The van der Waals surface area contributed by atoms with E-state index in [0.29, 0.717) is 12.1 Å². The molecular formula is C9H17N2O. The fourth-order valence-electron chi connectivity index (χ4n) is 1.78. The van der Waals surface area contributed by atoms with Crippen LogP contribution in [0.3, 0.4) is 0 Å². The number of hydrogen-bond acceptors (Lipinski definition) is 2. The first kappa shape index (κ1) is 8.48. The topological polar surface area (TPSA) is 29.9 Å². The van der Waals surface area contributed by atoms with E-state index in [4.69, 9.17) is 4.74 Å². The smallest absolute Gasteiger partial charge is 0.0961 e. The van der Waals surface area contributed by atoms with Crippen LogP contribution in [0.15, 0.2) is 0 Å². The molecule has 0 aromatic heterocycles. The first-order valence-corrected chi connectivity index (χ1v) is 4.87. The van der Waals surface area contributed by atoms with Crippen molar-refractivity contribution < 1.29 is 4.74 Å². The van der Waals surface area contributed by atoms with Crippen molar-refractivity contribution in [2.45, 2.75) is 25.5 Å². The van der Waals surface area contributed by atoms with Crippen LogP contribution in [0.2, 0.25) is 0 Å². The maximum absolute atomic E-state index is 5.29. The van der Waals surface area contributed by atoms with Crippen molar-refractivity contribution in [3.05, 3.63) is 0 Å². The Balaban J connectivity index is 1.82. The molecule has 0 spiro atoms. The van der Waals surface area contributed by atoms with Crippen LogP contribution >= 0.6 is 0 Å². The van der Waals surface area contributed by atoms with Crippen molar-refractivity contribution in [1.29, 1.82) is 0 Å². The molecule has 0 aliphatic carbocycles. The molecule has 3 heteroatoms. The lowest BCUT2D eigenvalue weighted by molar-refractivity contribution is 0.184. The Hall–Kier alpha value is -0.120. The Bertz CT molecular complexity index is 139. The monoisotopic (exact) mass is 169 g/mol. The molecule has 0 saturated carbocycles. The van der Waals surface area contributed by atoms with E-state index in [2.05, 4.69) is 17.1 Å². The summed E-state index contributed by atoms with van der Waals surface area (Å²) in [5.74, 6) is 0. The summed E-state index contributed by atoms with van der Waals surface area (Å²) in [7, 11) is 0. The van der Waals surface area contributed by atoms with Gasteiger partial charge in [0.1, 0.15) is 0 Å². The predicted molar refractivity (Wildman–Crippen MR) is 47.3 cm³/mol. The molecule has 2 aliphatic rings. The Morgan fingerprint density at radius 1 is 1.42 bits per heavy atom. The van der Waals surface area contributed by atoms with Gasteiger partial charge in [0.15, 0.2) is 0 Å². The van der Waals surface area contributed by atoms with Crippen molar-refractivity contribution in [2.24, 2.45) is 0 Å². The van der Waals surface area contributed by atoms with Gasteiger partial charge in [-0.1, -0.05) is 0 Å². The van der Waals surface area contributed by atoms with E-state index < -0.39 is 0 Å². The average Bonchev–Trinajstić information content (AvgIpc) is 2.92. The van der Waals surface area contributed by atoms with Crippen LogP contribution in [0.25, 0.3) is 0 Å². The third kappa shape index (κ3) is 1.97. The van der Waals surface area contributed by atoms with E-state index >= 15 is 0 Å². The highest BCUT2D eigenvalue weighted by atomic mass is 16.6. The number of nitrogens with zero attached hydrogens (tertiary/aromatic N) is 2. The summed E-state index contributed by atoms with van der Waals surface area (Å²) in [6.45, 7) is 7.62. The maximum atomic E-state index is 5.29. The fraction of sp³-hybridized carbons (Fsp3) is 1.00. The normalized spacial score (nSPS) is 34.2. The van der Waals surface area contributed by atoms with Gasteiger partial charge in [0.2, 0.25) is 0 Å². The van der Waals surface area contributed by atoms with Gasteiger partial charge >= 0.3 is 0 Å². The first-order valence-electron chi connectivity index (χ1n) is 4.87. The van der Waals surface area contributed by atoms with Crippen LogP contribution in [-0.4, -0.2) is 49.8 Å². The Morgan fingerprint density at radius 3 is 3.00 bits per heavy atom. The van der Waals surface area contributed by atoms with Gasteiger partial charge in [-0.2, -0.15) is 0 Å². The Labute approximate surface area is 74.1 Å². The summed E-state index contributed by atoms with van der Waals surface area (Å²) in [4.78, 5) is 2.51. The van der Waals surface area contributed by atoms with Crippen molar-refractivity contribution in [2.75, 3.05) is 32.8 Å². The molecule has 0 aromatic carbocycles. The molecule has 3 nitrogen and oxygen atoms in total. The summed E-state index contributed by atoms with van der Waals surface area (Å²) in [6.07, 6.45) is 1.74. The zero-order valence-electron chi connectivity index (χ0n) is 7.70. The summed E-state index contributed by atoms with van der Waals surface area (Å²) in [5, 5.41) is 4.40. The van der Waals surface area contributed by atoms with Gasteiger partial charge in [-0.05, 0) is 19.9 Å². The van der Waals surface area contributed by atoms with E-state index in [1.54, 1.807) is 0 Å². The lowest BCUT2D eigenvalue weighted by Crippen LogP contribution is -2.38. The van der Waals surface area contributed by atoms with Gasteiger partial charge in [-0.25, -0.2) is 5.32 Å². The van der Waals surface area contributed by atoms with E-state index in [1.165, 1.54) is 13.0 Å². The largest absolute Gasteiger partial charge is 0.371 e. The Kier molecular flexibility index (Phi) is 2.63. The minimum atomic E-state index is 0.517. The van der Waals surface area contributed by atoms with Crippen LogP contribution in [0.1, 0.15) is 13.3 Å². The van der Waals surface area contributed by atoms with Crippen molar-refractivity contribution in [3.8, 4) is 0 Å². The minimum absolute atomic E-state index is 0.517. The molecule has 0 N–H and O–H groups in total. The second-order valence-electron chi connectivity index (χ2n) is 3.67. The van der Waals surface area contributed by atoms with E-state index in [1.807, 2.05) is 0 Å². The SMILES string of the molecule is CC(C1CO1)N1CCC[N]CC1. The van der Waals surface area contributed by atoms with Gasteiger partial charge in [0, 0.05) is 25.7 Å². The highest BCUT2D eigenvalue weighted by molar-refractivity contribution is 4.84. The number of epoxide rings is 1. The summed E-state index contributed by atoms with van der Waals surface area (Å²) in [5.41, 5.74) is 0. The van der Waals surface area contributed by atoms with Crippen molar-refractivity contribution >= 4 is 0 Å². The molecule has 2 rings (SSSR count). The number of ether oxygens (including phenoxy) is 1. The number of hydrogen-bond donors (Lipinski definition) is 0. The van der Waals surface area contributed by atoms with Crippen molar-refractivity contribution in [1.82, 2.24) is 10.2 Å². The van der Waals surface area contributed by atoms with Gasteiger partial charge in [0.05, 0.1) is 12.7 Å². The molecule has 2 aliphatic heterocycles. The van der Waals surface area contributed by atoms with E-state index in [-0.39, 0.29) is 0 Å². The molecule has 2 saturated heterocycles. The van der Waals surface area contributed by atoms with E-state index in [9.17, 15) is 0 Å². The number of rotatable bonds is 2. The third-order valence-corrected chi connectivity index (χ3v) is 2.78. The predicted octanol–water partition coefficient (Wildman–Crippen LogP) is 0.0838. The second-order valence-corrected chi connectivity index (χ2v) is 3.67. The second kappa shape index (κ2) is 3.73. The maximum Gasteiger partial charge on any atom is 0.0961 e. The van der Waals surface area contributed by atoms with Gasteiger partial charge in [-0.3, -0.25) is 4.90 Å². The molecule has 0 bridgehead atoms. The lowest BCUT2D eigenvalue weighted by Gasteiger charge is -2.25. The minimum Gasteiger partial charge on any atom is -0.371 e. The summed E-state index contributed by atoms with van der Waals surface area (Å²) < 4.78 is 5.29.